The number of aromatic nitrogens is 3. The van der Waals surface area contributed by atoms with Crippen molar-refractivity contribution in [3.05, 3.63) is 83.2 Å². The van der Waals surface area contributed by atoms with E-state index in [0.29, 0.717) is 0 Å². The number of pyridine rings is 2. The normalized spacial score (nSPS) is 19.1. The van der Waals surface area contributed by atoms with Crippen molar-refractivity contribution >= 4 is 17.3 Å². The maximum atomic E-state index is 5.65. The highest BCUT2D eigenvalue weighted by atomic mass is 32.1. The second-order valence-corrected chi connectivity index (χ2v) is 7.57. The minimum atomic E-state index is 0.0449. The monoisotopic (exact) mass is 391 g/mol. The van der Waals surface area contributed by atoms with E-state index in [2.05, 4.69) is 69.8 Å². The molecule has 144 valence electrons. The minimum Gasteiger partial charge on any atom is -0.352 e. The predicted octanol–water partition coefficient (Wildman–Crippen LogP) is 3.94. The Balaban J connectivity index is 1.75. The molecule has 1 fully saturated rings. The topological polar surface area (TPSA) is 46.0 Å². The highest BCUT2D eigenvalue weighted by Crippen LogP contribution is 2.40. The Kier molecular flexibility index (Phi) is 5.13. The molecule has 3 aromatic rings. The first-order valence-corrected chi connectivity index (χ1v) is 10.0. The molecular formula is C22H25N5S. The summed E-state index contributed by atoms with van der Waals surface area (Å²) in [5.74, 6) is 0. The van der Waals surface area contributed by atoms with Gasteiger partial charge in [-0.1, -0.05) is 6.07 Å². The molecule has 0 aliphatic carbocycles. The third kappa shape index (κ3) is 3.29. The predicted molar refractivity (Wildman–Crippen MR) is 115 cm³/mol. The minimum absolute atomic E-state index is 0.0449. The number of nitrogens with zero attached hydrogens (tertiary/aromatic N) is 4. The van der Waals surface area contributed by atoms with Crippen LogP contribution in [0.5, 0.6) is 0 Å². The highest BCUT2D eigenvalue weighted by molar-refractivity contribution is 7.80. The van der Waals surface area contributed by atoms with E-state index in [9.17, 15) is 0 Å². The van der Waals surface area contributed by atoms with Crippen LogP contribution in [0.25, 0.3) is 0 Å². The lowest BCUT2D eigenvalue weighted by Crippen LogP contribution is -2.29. The number of hydrogen-bond donors (Lipinski definition) is 1. The molecule has 1 N–H and O–H groups in total. The van der Waals surface area contributed by atoms with E-state index in [1.807, 2.05) is 30.7 Å². The molecule has 2 atom stereocenters. The second-order valence-electron chi connectivity index (χ2n) is 7.18. The van der Waals surface area contributed by atoms with Crippen molar-refractivity contribution in [3.8, 4) is 0 Å². The molecule has 0 radical (unpaired) electrons. The maximum absolute atomic E-state index is 5.65. The number of thiocarbonyl (C=S) groups is 1. The van der Waals surface area contributed by atoms with Gasteiger partial charge in [0.2, 0.25) is 0 Å². The van der Waals surface area contributed by atoms with E-state index >= 15 is 0 Å². The van der Waals surface area contributed by atoms with E-state index in [-0.39, 0.29) is 12.1 Å². The van der Waals surface area contributed by atoms with Crippen LogP contribution in [0, 0.1) is 13.8 Å². The summed E-state index contributed by atoms with van der Waals surface area (Å²) in [6.45, 7) is 8.22. The van der Waals surface area contributed by atoms with Gasteiger partial charge in [0.25, 0.3) is 0 Å². The van der Waals surface area contributed by atoms with E-state index < -0.39 is 0 Å². The van der Waals surface area contributed by atoms with Gasteiger partial charge >= 0.3 is 0 Å². The number of nitrogens with one attached hydrogen (secondary N) is 1. The summed E-state index contributed by atoms with van der Waals surface area (Å²) in [7, 11) is 0. The van der Waals surface area contributed by atoms with E-state index in [4.69, 9.17) is 12.2 Å². The van der Waals surface area contributed by atoms with E-state index in [1.54, 1.807) is 0 Å². The van der Waals surface area contributed by atoms with Gasteiger partial charge in [-0.05, 0) is 74.4 Å². The molecule has 0 amide bonds. The summed E-state index contributed by atoms with van der Waals surface area (Å²) in [5.41, 5.74) is 6.08. The van der Waals surface area contributed by atoms with Crippen molar-refractivity contribution in [3.63, 3.8) is 0 Å². The fraction of sp³-hybridized carbons (Fsp3) is 0.318. The van der Waals surface area contributed by atoms with Crippen molar-refractivity contribution in [1.82, 2.24) is 24.8 Å². The summed E-state index contributed by atoms with van der Waals surface area (Å²) in [4.78, 5) is 11.0. The summed E-state index contributed by atoms with van der Waals surface area (Å²) in [6.07, 6.45) is 5.54. The largest absolute Gasteiger partial charge is 0.352 e. The van der Waals surface area contributed by atoms with Crippen LogP contribution in [0.2, 0.25) is 0 Å². The molecule has 0 aromatic carbocycles. The maximum Gasteiger partial charge on any atom is 0.170 e. The lowest BCUT2D eigenvalue weighted by atomic mass is 9.97. The van der Waals surface area contributed by atoms with E-state index in [0.717, 1.165) is 23.9 Å². The van der Waals surface area contributed by atoms with Crippen LogP contribution in [0.3, 0.4) is 0 Å². The Morgan fingerprint density at radius 2 is 1.89 bits per heavy atom. The summed E-state index contributed by atoms with van der Waals surface area (Å²) in [5, 5.41) is 4.30. The quantitative estimate of drug-likeness (QED) is 0.668. The Morgan fingerprint density at radius 3 is 2.57 bits per heavy atom. The van der Waals surface area contributed by atoms with Crippen molar-refractivity contribution in [2.45, 2.75) is 39.4 Å². The number of aryl methyl sites for hydroxylation is 1. The van der Waals surface area contributed by atoms with Crippen molar-refractivity contribution in [2.24, 2.45) is 0 Å². The number of hydrogen-bond acceptors (Lipinski definition) is 3. The molecule has 0 bridgehead atoms. The van der Waals surface area contributed by atoms with Crippen LogP contribution < -0.4 is 5.32 Å². The first-order chi connectivity index (χ1) is 13.6. The van der Waals surface area contributed by atoms with Gasteiger partial charge in [0.1, 0.15) is 0 Å². The summed E-state index contributed by atoms with van der Waals surface area (Å²) >= 11 is 5.65. The lowest BCUT2D eigenvalue weighted by molar-refractivity contribution is 0.329. The molecule has 3 aromatic heterocycles. The van der Waals surface area contributed by atoms with Gasteiger partial charge in [-0.15, -0.1) is 0 Å². The molecule has 0 spiro atoms. The molecule has 4 rings (SSSR count). The zero-order chi connectivity index (χ0) is 19.7. The molecule has 0 unspecified atom stereocenters. The molecule has 6 heteroatoms. The SMILES string of the molecule is CCN1C(=S)N[C@H](c2ccccn2)[C@H]1c1cc(C)n(Cc2ccncc2)c1C. The standard InChI is InChI=1S/C22H25N5S/c1-4-26-21(20(25-22(26)28)19-7-5-6-10-24-19)18-13-15(2)27(16(18)3)14-17-8-11-23-12-9-17/h5-13,20-21H,4,14H2,1-3H3,(H,25,28)/t20-,21-/m1/s1. The van der Waals surface area contributed by atoms with Crippen LogP contribution in [0.1, 0.15) is 47.2 Å². The van der Waals surface area contributed by atoms with Crippen LogP contribution in [0.4, 0.5) is 0 Å². The van der Waals surface area contributed by atoms with Crippen molar-refractivity contribution in [1.29, 1.82) is 0 Å². The van der Waals surface area contributed by atoms with E-state index in [1.165, 1.54) is 22.5 Å². The first-order valence-electron chi connectivity index (χ1n) is 9.63. The first kappa shape index (κ1) is 18.6. The molecule has 28 heavy (non-hydrogen) atoms. The number of rotatable bonds is 5. The van der Waals surface area contributed by atoms with Crippen molar-refractivity contribution in [2.75, 3.05) is 6.54 Å². The molecule has 1 aliphatic rings. The van der Waals surface area contributed by atoms with Gasteiger partial charge in [-0.3, -0.25) is 9.97 Å². The van der Waals surface area contributed by atoms with Gasteiger partial charge < -0.3 is 14.8 Å². The third-order valence-corrected chi connectivity index (χ3v) is 5.91. The second kappa shape index (κ2) is 7.72. The third-order valence-electron chi connectivity index (χ3n) is 5.56. The zero-order valence-electron chi connectivity index (χ0n) is 16.5. The van der Waals surface area contributed by atoms with Gasteiger partial charge in [0.05, 0.1) is 17.8 Å². The molecule has 5 nitrogen and oxygen atoms in total. The van der Waals surface area contributed by atoms with Gasteiger partial charge in [-0.2, -0.15) is 0 Å². The average molecular weight is 392 g/mol. The smallest absolute Gasteiger partial charge is 0.170 e. The van der Waals surface area contributed by atoms with Crippen LogP contribution >= 0.6 is 12.2 Å². The molecule has 1 saturated heterocycles. The Bertz CT molecular complexity index is 967. The molecule has 1 aliphatic heterocycles. The van der Waals surface area contributed by atoms with Crippen LogP contribution in [0.15, 0.2) is 55.0 Å². The Labute approximate surface area is 171 Å². The molecular weight excluding hydrogens is 366 g/mol. The van der Waals surface area contributed by atoms with Gasteiger partial charge in [-0.25, -0.2) is 0 Å². The number of likely N-dealkylation sites (N-methyl/N-ethyl adjacent to an activating group) is 1. The highest BCUT2D eigenvalue weighted by Gasteiger charge is 2.40. The molecule has 0 saturated carbocycles. The average Bonchev–Trinajstić information content (AvgIpc) is 3.20. The fourth-order valence-electron chi connectivity index (χ4n) is 4.13. The molecule has 4 heterocycles. The van der Waals surface area contributed by atoms with Gasteiger partial charge in [0.15, 0.2) is 5.11 Å². The van der Waals surface area contributed by atoms with Crippen molar-refractivity contribution < 1.29 is 0 Å². The summed E-state index contributed by atoms with van der Waals surface area (Å²) < 4.78 is 2.37. The van der Waals surface area contributed by atoms with Crippen LogP contribution in [-0.2, 0) is 6.54 Å². The van der Waals surface area contributed by atoms with Crippen LogP contribution in [-0.4, -0.2) is 31.1 Å². The fourth-order valence-corrected chi connectivity index (χ4v) is 4.50. The Morgan fingerprint density at radius 1 is 1.11 bits per heavy atom. The lowest BCUT2D eigenvalue weighted by Gasteiger charge is -2.27. The zero-order valence-corrected chi connectivity index (χ0v) is 17.3. The summed E-state index contributed by atoms with van der Waals surface area (Å²) in [6, 6.07) is 12.7. The Hall–Kier alpha value is -2.73. The van der Waals surface area contributed by atoms with Gasteiger partial charge in [0, 0.05) is 43.1 Å².